The maximum atomic E-state index is 12.4. The van der Waals surface area contributed by atoms with Gasteiger partial charge in [0.2, 0.25) is 5.95 Å². The van der Waals surface area contributed by atoms with Crippen LogP contribution in [0.1, 0.15) is 38.2 Å². The third-order valence-electron chi connectivity index (χ3n) is 6.31. The molecule has 1 aliphatic carbocycles. The Labute approximate surface area is 215 Å². The number of hydrogen-bond donors (Lipinski definition) is 4. The summed E-state index contributed by atoms with van der Waals surface area (Å²) in [4.78, 5) is 26.3. The Balaban J connectivity index is 1.35. The van der Waals surface area contributed by atoms with Crippen LogP contribution in [-0.2, 0) is 11.3 Å². The highest BCUT2D eigenvalue weighted by Gasteiger charge is 2.21. The molecule has 9 nitrogen and oxygen atoms in total. The lowest BCUT2D eigenvalue weighted by molar-refractivity contribution is -0.111. The molecule has 5 rings (SSSR count). The Kier molecular flexibility index (Phi) is 7.28. The minimum atomic E-state index is -0.392. The number of aliphatic hydroxyl groups excluding tert-OH is 1. The number of carbonyl (C=O) groups is 1. The summed E-state index contributed by atoms with van der Waals surface area (Å²) in [5.74, 6) is 6.18. The van der Waals surface area contributed by atoms with Crippen molar-refractivity contribution in [2.75, 3.05) is 16.0 Å². The molecule has 37 heavy (non-hydrogen) atoms. The maximum absolute atomic E-state index is 12.4. The largest absolute Gasteiger partial charge is 0.393 e. The van der Waals surface area contributed by atoms with E-state index in [1.807, 2.05) is 60.0 Å². The molecule has 2 aromatic carbocycles. The summed E-state index contributed by atoms with van der Waals surface area (Å²) in [6, 6.07) is 17.0. The molecule has 0 aliphatic heterocycles. The molecule has 0 spiro atoms. The number of amides is 1. The average molecular weight is 496 g/mol. The Hall–Kier alpha value is -4.42. The van der Waals surface area contributed by atoms with E-state index < -0.39 is 5.91 Å². The summed E-state index contributed by atoms with van der Waals surface area (Å²) in [5.41, 5.74) is 3.53. The van der Waals surface area contributed by atoms with Crippen LogP contribution < -0.4 is 16.0 Å². The minimum absolute atomic E-state index is 0.210. The standard InChI is InChI=1S/C28H29N7O2/c1-2-35-18-29-25-26(33-28(34-27(25)35)32-20-12-14-23(36)15-13-20)31-22-10-6-9-21(17-22)30-24(37)16-11-19-7-4-3-5-8-19/h3-10,17-18,20,23,36H,2,12-15H2,1H3,(H,30,37)(H2,31,32,33,34). The summed E-state index contributed by atoms with van der Waals surface area (Å²) in [7, 11) is 0. The van der Waals surface area contributed by atoms with Crippen LogP contribution in [0.15, 0.2) is 60.9 Å². The molecule has 188 valence electrons. The van der Waals surface area contributed by atoms with E-state index in [9.17, 15) is 9.90 Å². The van der Waals surface area contributed by atoms with Crippen LogP contribution in [0.3, 0.4) is 0 Å². The molecule has 9 heteroatoms. The number of aromatic nitrogens is 4. The fourth-order valence-corrected chi connectivity index (χ4v) is 4.35. The number of aliphatic hydroxyl groups is 1. The summed E-state index contributed by atoms with van der Waals surface area (Å²) >= 11 is 0. The van der Waals surface area contributed by atoms with Gasteiger partial charge in [0.1, 0.15) is 0 Å². The van der Waals surface area contributed by atoms with Crippen LogP contribution >= 0.6 is 0 Å². The molecule has 1 fully saturated rings. The highest BCUT2D eigenvalue weighted by Crippen LogP contribution is 2.27. The summed E-state index contributed by atoms with van der Waals surface area (Å²) < 4.78 is 1.97. The molecule has 0 radical (unpaired) electrons. The number of anilines is 4. The van der Waals surface area contributed by atoms with E-state index in [-0.39, 0.29) is 12.1 Å². The normalized spacial score (nSPS) is 17.0. The first-order valence-corrected chi connectivity index (χ1v) is 12.5. The van der Waals surface area contributed by atoms with E-state index in [1.54, 1.807) is 12.4 Å². The van der Waals surface area contributed by atoms with Crippen LogP contribution in [0, 0.1) is 11.8 Å². The van der Waals surface area contributed by atoms with Gasteiger partial charge in [0.15, 0.2) is 17.0 Å². The lowest BCUT2D eigenvalue weighted by atomic mass is 9.93. The molecule has 0 saturated heterocycles. The molecule has 2 heterocycles. The summed E-state index contributed by atoms with van der Waals surface area (Å²) in [6.45, 7) is 2.77. The van der Waals surface area contributed by atoms with Crippen molar-refractivity contribution >= 4 is 40.2 Å². The van der Waals surface area contributed by atoms with Gasteiger partial charge in [0, 0.05) is 35.4 Å². The van der Waals surface area contributed by atoms with Crippen LogP contribution in [0.4, 0.5) is 23.1 Å². The monoisotopic (exact) mass is 495 g/mol. The van der Waals surface area contributed by atoms with Crippen molar-refractivity contribution in [1.29, 1.82) is 0 Å². The Morgan fingerprint density at radius 2 is 1.84 bits per heavy atom. The molecule has 1 saturated carbocycles. The molecule has 0 atom stereocenters. The van der Waals surface area contributed by atoms with E-state index in [0.29, 0.717) is 23.0 Å². The van der Waals surface area contributed by atoms with Gasteiger partial charge in [-0.25, -0.2) is 4.98 Å². The van der Waals surface area contributed by atoms with Crippen molar-refractivity contribution in [3.63, 3.8) is 0 Å². The second kappa shape index (κ2) is 11.1. The summed E-state index contributed by atoms with van der Waals surface area (Å²) in [5, 5.41) is 19.4. The predicted octanol–water partition coefficient (Wildman–Crippen LogP) is 4.30. The smallest absolute Gasteiger partial charge is 0.300 e. The lowest BCUT2D eigenvalue weighted by Gasteiger charge is -2.26. The molecule has 0 unspecified atom stereocenters. The van der Waals surface area contributed by atoms with Gasteiger partial charge in [0.05, 0.1) is 12.4 Å². The van der Waals surface area contributed by atoms with Crippen molar-refractivity contribution in [3.05, 3.63) is 66.5 Å². The first-order chi connectivity index (χ1) is 18.1. The van der Waals surface area contributed by atoms with Crippen LogP contribution in [0.25, 0.3) is 11.2 Å². The molecule has 1 amide bonds. The molecular formula is C28H29N7O2. The average Bonchev–Trinajstić information content (AvgIpc) is 3.33. The number of aryl methyl sites for hydroxylation is 1. The van der Waals surface area contributed by atoms with Crippen molar-refractivity contribution in [2.24, 2.45) is 0 Å². The Morgan fingerprint density at radius 3 is 2.62 bits per heavy atom. The third-order valence-corrected chi connectivity index (χ3v) is 6.31. The first-order valence-electron chi connectivity index (χ1n) is 12.5. The van der Waals surface area contributed by atoms with Gasteiger partial charge in [-0.15, -0.1) is 0 Å². The first kappa shape index (κ1) is 24.3. The van der Waals surface area contributed by atoms with Crippen molar-refractivity contribution in [3.8, 4) is 11.8 Å². The Morgan fingerprint density at radius 1 is 1.05 bits per heavy atom. The zero-order valence-corrected chi connectivity index (χ0v) is 20.6. The zero-order chi connectivity index (χ0) is 25.6. The highest BCUT2D eigenvalue weighted by atomic mass is 16.3. The van der Waals surface area contributed by atoms with Gasteiger partial charge in [0.25, 0.3) is 0 Å². The second-order valence-corrected chi connectivity index (χ2v) is 9.02. The number of benzene rings is 2. The van der Waals surface area contributed by atoms with E-state index in [2.05, 4.69) is 32.8 Å². The number of nitrogens with one attached hydrogen (secondary N) is 3. The molecule has 1 aliphatic rings. The third kappa shape index (κ3) is 6.05. The van der Waals surface area contributed by atoms with Gasteiger partial charge >= 0.3 is 5.91 Å². The number of imidazole rings is 1. The molecule has 2 aromatic heterocycles. The van der Waals surface area contributed by atoms with Crippen LogP contribution in [0.2, 0.25) is 0 Å². The van der Waals surface area contributed by atoms with Gasteiger partial charge in [-0.05, 0) is 62.9 Å². The highest BCUT2D eigenvalue weighted by molar-refractivity contribution is 6.04. The zero-order valence-electron chi connectivity index (χ0n) is 20.6. The van der Waals surface area contributed by atoms with Gasteiger partial charge < -0.3 is 25.6 Å². The number of fused-ring (bicyclic) bond motifs is 1. The molecule has 4 aromatic rings. The predicted molar refractivity (Wildman–Crippen MR) is 145 cm³/mol. The van der Waals surface area contributed by atoms with Gasteiger partial charge in [-0.2, -0.15) is 9.97 Å². The van der Waals surface area contributed by atoms with Crippen molar-refractivity contribution < 1.29 is 9.90 Å². The number of carbonyl (C=O) groups excluding carboxylic acids is 1. The summed E-state index contributed by atoms with van der Waals surface area (Å²) in [6.07, 6.45) is 4.81. The fourth-order valence-electron chi connectivity index (χ4n) is 4.35. The lowest BCUT2D eigenvalue weighted by Crippen LogP contribution is -2.29. The maximum Gasteiger partial charge on any atom is 0.300 e. The fraction of sp³-hybridized carbons (Fsp3) is 0.286. The number of rotatable bonds is 6. The van der Waals surface area contributed by atoms with E-state index in [4.69, 9.17) is 9.97 Å². The Bertz CT molecular complexity index is 1450. The van der Waals surface area contributed by atoms with E-state index in [0.717, 1.165) is 49.1 Å². The number of hydrogen-bond acceptors (Lipinski definition) is 7. The quantitative estimate of drug-likeness (QED) is 0.295. The van der Waals surface area contributed by atoms with E-state index >= 15 is 0 Å². The number of nitrogens with zero attached hydrogens (tertiary/aromatic N) is 4. The van der Waals surface area contributed by atoms with Gasteiger partial charge in [-0.3, -0.25) is 4.79 Å². The second-order valence-electron chi connectivity index (χ2n) is 9.02. The van der Waals surface area contributed by atoms with Crippen molar-refractivity contribution in [1.82, 2.24) is 19.5 Å². The van der Waals surface area contributed by atoms with Crippen LogP contribution in [0.5, 0.6) is 0 Å². The van der Waals surface area contributed by atoms with Crippen molar-refractivity contribution in [2.45, 2.75) is 51.3 Å². The topological polar surface area (TPSA) is 117 Å². The van der Waals surface area contributed by atoms with Gasteiger partial charge in [-0.1, -0.05) is 30.2 Å². The van der Waals surface area contributed by atoms with E-state index in [1.165, 1.54) is 0 Å². The molecular weight excluding hydrogens is 466 g/mol. The minimum Gasteiger partial charge on any atom is -0.393 e. The molecule has 0 bridgehead atoms. The molecule has 4 N–H and O–H groups in total. The van der Waals surface area contributed by atoms with Crippen LogP contribution in [-0.4, -0.2) is 42.7 Å². The SMILES string of the molecule is CCn1cnc2c(Nc3cccc(NC(=O)C#Cc4ccccc4)c3)nc(NC3CCC(O)CC3)nc21.